The molecule has 16 heavy (non-hydrogen) atoms. The number of benzene rings is 1. The van der Waals surface area contributed by atoms with Gasteiger partial charge in [-0.2, -0.15) is 0 Å². The molecule has 1 fully saturated rings. The maximum atomic E-state index is 12.2. The van der Waals surface area contributed by atoms with Crippen LogP contribution in [0.5, 0.6) is 0 Å². The predicted octanol–water partition coefficient (Wildman–Crippen LogP) is 2.03. The SMILES string of the molecule is C[C@@H]([C@H]1OC1(C)C)S(=O)(=O)c1ccccc1. The monoisotopic (exact) mass is 240 g/mol. The maximum Gasteiger partial charge on any atom is 0.183 e. The van der Waals surface area contributed by atoms with E-state index in [1.54, 1.807) is 37.3 Å². The Balaban J connectivity index is 2.28. The summed E-state index contributed by atoms with van der Waals surface area (Å²) in [6.45, 7) is 5.53. The van der Waals surface area contributed by atoms with E-state index in [9.17, 15) is 8.42 Å². The van der Waals surface area contributed by atoms with Crippen LogP contribution in [-0.2, 0) is 14.6 Å². The minimum atomic E-state index is -3.27. The van der Waals surface area contributed by atoms with Crippen molar-refractivity contribution in [1.82, 2.24) is 0 Å². The molecule has 0 aliphatic carbocycles. The van der Waals surface area contributed by atoms with Crippen LogP contribution in [-0.4, -0.2) is 25.4 Å². The van der Waals surface area contributed by atoms with E-state index in [4.69, 9.17) is 4.74 Å². The van der Waals surface area contributed by atoms with Crippen LogP contribution < -0.4 is 0 Å². The fourth-order valence-electron chi connectivity index (χ4n) is 1.94. The largest absolute Gasteiger partial charge is 0.365 e. The molecular weight excluding hydrogens is 224 g/mol. The average molecular weight is 240 g/mol. The molecule has 1 aromatic rings. The number of rotatable bonds is 3. The van der Waals surface area contributed by atoms with Crippen LogP contribution >= 0.6 is 0 Å². The first-order chi connectivity index (χ1) is 7.36. The second-order valence-electron chi connectivity index (χ2n) is 4.71. The summed E-state index contributed by atoms with van der Waals surface area (Å²) in [5.41, 5.74) is -0.304. The standard InChI is InChI=1S/C12H16O3S/c1-9(11-12(2,3)15-11)16(13,14)10-7-5-4-6-8-10/h4-9,11H,1-3H3/t9-,11+/m0/s1. The molecule has 1 saturated heterocycles. The van der Waals surface area contributed by atoms with Crippen molar-refractivity contribution in [2.24, 2.45) is 0 Å². The van der Waals surface area contributed by atoms with Crippen molar-refractivity contribution in [3.63, 3.8) is 0 Å². The quantitative estimate of drug-likeness (QED) is 0.759. The number of hydrogen-bond acceptors (Lipinski definition) is 3. The molecule has 1 aromatic carbocycles. The second kappa shape index (κ2) is 3.57. The first-order valence-electron chi connectivity index (χ1n) is 5.32. The molecule has 4 heteroatoms. The van der Waals surface area contributed by atoms with Gasteiger partial charge in [0.25, 0.3) is 0 Å². The van der Waals surface area contributed by atoms with Crippen LogP contribution in [0.3, 0.4) is 0 Å². The Labute approximate surface area is 96.4 Å². The van der Waals surface area contributed by atoms with Crippen molar-refractivity contribution in [3.8, 4) is 0 Å². The van der Waals surface area contributed by atoms with Crippen molar-refractivity contribution in [2.75, 3.05) is 0 Å². The summed E-state index contributed by atoms with van der Waals surface area (Å²) < 4.78 is 29.8. The van der Waals surface area contributed by atoms with E-state index >= 15 is 0 Å². The van der Waals surface area contributed by atoms with E-state index in [1.165, 1.54) is 0 Å². The van der Waals surface area contributed by atoms with E-state index in [0.29, 0.717) is 4.90 Å². The van der Waals surface area contributed by atoms with Crippen molar-refractivity contribution in [1.29, 1.82) is 0 Å². The Bertz CT molecular complexity index is 476. The van der Waals surface area contributed by atoms with Gasteiger partial charge in [-0.15, -0.1) is 0 Å². The lowest BCUT2D eigenvalue weighted by Gasteiger charge is -2.11. The van der Waals surface area contributed by atoms with Crippen molar-refractivity contribution >= 4 is 9.84 Å². The van der Waals surface area contributed by atoms with E-state index in [-0.39, 0.29) is 11.7 Å². The summed E-state index contributed by atoms with van der Waals surface area (Å²) >= 11 is 0. The van der Waals surface area contributed by atoms with Gasteiger partial charge in [0.15, 0.2) is 9.84 Å². The first-order valence-corrected chi connectivity index (χ1v) is 6.87. The predicted molar refractivity (Wildman–Crippen MR) is 62.0 cm³/mol. The number of ether oxygens (including phenoxy) is 1. The van der Waals surface area contributed by atoms with Crippen LogP contribution in [0.15, 0.2) is 35.2 Å². The van der Waals surface area contributed by atoms with Crippen LogP contribution in [0.2, 0.25) is 0 Å². The molecule has 0 bridgehead atoms. The van der Waals surface area contributed by atoms with Crippen molar-refractivity contribution in [3.05, 3.63) is 30.3 Å². The zero-order valence-electron chi connectivity index (χ0n) is 9.67. The first kappa shape index (κ1) is 11.6. The Hall–Kier alpha value is -0.870. The molecule has 3 nitrogen and oxygen atoms in total. The zero-order valence-corrected chi connectivity index (χ0v) is 10.5. The topological polar surface area (TPSA) is 46.7 Å². The van der Waals surface area contributed by atoms with Gasteiger partial charge in [0.1, 0.15) is 6.10 Å². The van der Waals surface area contributed by atoms with Gasteiger partial charge in [0.2, 0.25) is 0 Å². The molecule has 2 atom stereocenters. The molecule has 1 aliphatic heterocycles. The smallest absolute Gasteiger partial charge is 0.183 e. The molecule has 0 unspecified atom stereocenters. The van der Waals surface area contributed by atoms with Gasteiger partial charge in [-0.1, -0.05) is 18.2 Å². The molecular formula is C12H16O3S. The summed E-state index contributed by atoms with van der Waals surface area (Å²) in [5.74, 6) is 0. The molecule has 1 aliphatic rings. The summed E-state index contributed by atoms with van der Waals surface area (Å²) in [5, 5.41) is -0.495. The van der Waals surface area contributed by atoms with Crippen molar-refractivity contribution < 1.29 is 13.2 Å². The molecule has 1 heterocycles. The summed E-state index contributed by atoms with van der Waals surface area (Å²) in [6, 6.07) is 8.53. The molecule has 0 radical (unpaired) electrons. The third-order valence-electron chi connectivity index (χ3n) is 3.05. The summed E-state index contributed by atoms with van der Waals surface area (Å²) in [7, 11) is -3.27. The van der Waals surface area contributed by atoms with Crippen LogP contribution in [0.25, 0.3) is 0 Å². The molecule has 0 spiro atoms. The molecule has 2 rings (SSSR count). The number of hydrogen-bond donors (Lipinski definition) is 0. The lowest BCUT2D eigenvalue weighted by molar-refractivity contribution is 0.322. The lowest BCUT2D eigenvalue weighted by Crippen LogP contribution is -2.27. The van der Waals surface area contributed by atoms with E-state index in [2.05, 4.69) is 0 Å². The molecule has 0 saturated carbocycles. The normalized spacial score (nSPS) is 25.1. The van der Waals surface area contributed by atoms with Crippen LogP contribution in [0, 0.1) is 0 Å². The van der Waals surface area contributed by atoms with Gasteiger partial charge in [0.05, 0.1) is 15.7 Å². The second-order valence-corrected chi connectivity index (χ2v) is 7.01. The van der Waals surface area contributed by atoms with Crippen molar-refractivity contribution in [2.45, 2.75) is 42.6 Å². The highest BCUT2D eigenvalue weighted by atomic mass is 32.2. The number of sulfone groups is 1. The Morgan fingerprint density at radius 1 is 1.25 bits per heavy atom. The molecule has 0 aromatic heterocycles. The van der Waals surface area contributed by atoms with Gasteiger partial charge in [0, 0.05) is 0 Å². The average Bonchev–Trinajstić information content (AvgIpc) is 2.88. The fraction of sp³-hybridized carbons (Fsp3) is 0.500. The maximum absolute atomic E-state index is 12.2. The lowest BCUT2D eigenvalue weighted by atomic mass is 10.1. The minimum Gasteiger partial charge on any atom is -0.365 e. The third-order valence-corrected chi connectivity index (χ3v) is 5.20. The Morgan fingerprint density at radius 2 is 1.75 bits per heavy atom. The highest BCUT2D eigenvalue weighted by molar-refractivity contribution is 7.92. The van der Waals surface area contributed by atoms with Gasteiger partial charge in [-0.05, 0) is 32.9 Å². The van der Waals surface area contributed by atoms with E-state index in [1.807, 2.05) is 13.8 Å². The van der Waals surface area contributed by atoms with Gasteiger partial charge < -0.3 is 4.74 Å². The summed E-state index contributed by atoms with van der Waals surface area (Å²) in [6.07, 6.45) is -0.197. The highest BCUT2D eigenvalue weighted by Gasteiger charge is 2.54. The van der Waals surface area contributed by atoms with Crippen LogP contribution in [0.1, 0.15) is 20.8 Å². The van der Waals surface area contributed by atoms with Crippen LogP contribution in [0.4, 0.5) is 0 Å². The van der Waals surface area contributed by atoms with Gasteiger partial charge >= 0.3 is 0 Å². The Morgan fingerprint density at radius 3 is 2.19 bits per heavy atom. The third kappa shape index (κ3) is 1.87. The minimum absolute atomic E-state index is 0.197. The molecule has 0 N–H and O–H groups in total. The molecule has 0 amide bonds. The van der Waals surface area contributed by atoms with E-state index < -0.39 is 15.1 Å². The Kier molecular flexibility index (Phi) is 2.59. The van der Waals surface area contributed by atoms with Gasteiger partial charge in [-0.25, -0.2) is 8.42 Å². The molecule has 88 valence electrons. The zero-order chi connectivity index (χ0) is 12.0. The fourth-order valence-corrected chi connectivity index (χ4v) is 3.62. The highest BCUT2D eigenvalue weighted by Crippen LogP contribution is 2.41. The summed E-state index contributed by atoms with van der Waals surface area (Å²) in [4.78, 5) is 0.369. The number of epoxide rings is 1. The van der Waals surface area contributed by atoms with Gasteiger partial charge in [-0.3, -0.25) is 0 Å². The van der Waals surface area contributed by atoms with E-state index in [0.717, 1.165) is 0 Å².